The van der Waals surface area contributed by atoms with Crippen molar-refractivity contribution in [2.24, 2.45) is 0 Å². The van der Waals surface area contributed by atoms with E-state index in [0.29, 0.717) is 6.42 Å². The topological polar surface area (TPSA) is 0 Å². The maximum Gasteiger partial charge on any atom is 0.123 e. The van der Waals surface area contributed by atoms with Crippen molar-refractivity contribution in [1.82, 2.24) is 0 Å². The lowest BCUT2D eigenvalue weighted by molar-refractivity contribution is 0.627. The minimum absolute atomic E-state index is 0.208. The van der Waals surface area contributed by atoms with E-state index in [1.807, 2.05) is 24.3 Å². The largest absolute Gasteiger partial charge is 0.207 e. The highest BCUT2D eigenvalue weighted by Gasteiger charge is 1.91. The Bertz CT molecular complexity index is 539. The zero-order valence-electron chi connectivity index (χ0n) is 9.70. The van der Waals surface area contributed by atoms with Gasteiger partial charge in [0.15, 0.2) is 0 Å². The molecule has 0 bridgehead atoms. The summed E-state index contributed by atoms with van der Waals surface area (Å²) >= 11 is 0. The summed E-state index contributed by atoms with van der Waals surface area (Å²) in [5.74, 6) is 5.97. The zero-order chi connectivity index (χ0) is 12.1. The van der Waals surface area contributed by atoms with Crippen LogP contribution in [0.2, 0.25) is 0 Å². The highest BCUT2D eigenvalue weighted by molar-refractivity contribution is 5.37. The predicted octanol–water partition coefficient (Wildman–Crippen LogP) is 3.73. The van der Waals surface area contributed by atoms with Crippen molar-refractivity contribution < 1.29 is 4.39 Å². The molecule has 2 aromatic carbocycles. The van der Waals surface area contributed by atoms with E-state index < -0.39 is 0 Å². The van der Waals surface area contributed by atoms with E-state index >= 15 is 0 Å². The van der Waals surface area contributed by atoms with E-state index in [4.69, 9.17) is 0 Å². The lowest BCUT2D eigenvalue weighted by Gasteiger charge is -1.94. The molecule has 0 fully saturated rings. The van der Waals surface area contributed by atoms with Crippen molar-refractivity contribution in [1.29, 1.82) is 0 Å². The molecule has 0 nitrogen and oxygen atoms in total. The standard InChI is InChI=1S/C16H13F/c1-13-5-7-14(8-6-13)3-2-4-15-9-11-16(17)12-10-15/h5-12H,4H2,1H3. The SMILES string of the molecule is Cc1ccc(C#CCc2ccc(F)cc2)cc1. The van der Waals surface area contributed by atoms with Gasteiger partial charge in [-0.1, -0.05) is 41.7 Å². The zero-order valence-corrected chi connectivity index (χ0v) is 9.70. The van der Waals surface area contributed by atoms with Gasteiger partial charge in [-0.15, -0.1) is 0 Å². The van der Waals surface area contributed by atoms with Crippen LogP contribution in [0.15, 0.2) is 48.5 Å². The van der Waals surface area contributed by atoms with Crippen LogP contribution < -0.4 is 0 Å². The van der Waals surface area contributed by atoms with E-state index in [1.165, 1.54) is 17.7 Å². The molecule has 0 saturated carbocycles. The Morgan fingerprint density at radius 3 is 2.24 bits per heavy atom. The first kappa shape index (κ1) is 11.4. The van der Waals surface area contributed by atoms with Gasteiger partial charge in [-0.3, -0.25) is 0 Å². The molecular weight excluding hydrogens is 211 g/mol. The summed E-state index contributed by atoms with van der Waals surface area (Å²) in [6.45, 7) is 2.05. The monoisotopic (exact) mass is 224 g/mol. The second-order valence-corrected chi connectivity index (χ2v) is 3.97. The molecule has 0 amide bonds. The van der Waals surface area contributed by atoms with Crippen molar-refractivity contribution in [2.45, 2.75) is 13.3 Å². The van der Waals surface area contributed by atoms with Crippen molar-refractivity contribution in [3.05, 3.63) is 71.0 Å². The van der Waals surface area contributed by atoms with Crippen LogP contribution in [0.5, 0.6) is 0 Å². The van der Waals surface area contributed by atoms with Gasteiger partial charge in [-0.2, -0.15) is 0 Å². The van der Waals surface area contributed by atoms with Crippen LogP contribution >= 0.6 is 0 Å². The van der Waals surface area contributed by atoms with E-state index in [2.05, 4.69) is 18.8 Å². The molecule has 17 heavy (non-hydrogen) atoms. The van der Waals surface area contributed by atoms with Crippen molar-refractivity contribution in [2.75, 3.05) is 0 Å². The van der Waals surface area contributed by atoms with E-state index in [1.54, 1.807) is 12.1 Å². The molecule has 0 aliphatic heterocycles. The molecule has 0 saturated heterocycles. The van der Waals surface area contributed by atoms with E-state index in [0.717, 1.165) is 11.1 Å². The van der Waals surface area contributed by atoms with E-state index in [9.17, 15) is 4.39 Å². The number of benzene rings is 2. The third-order valence-electron chi connectivity index (χ3n) is 2.49. The summed E-state index contributed by atoms with van der Waals surface area (Å²) in [5, 5.41) is 0. The third kappa shape index (κ3) is 3.46. The number of hydrogen-bond donors (Lipinski definition) is 0. The number of hydrogen-bond acceptors (Lipinski definition) is 0. The second kappa shape index (κ2) is 5.32. The summed E-state index contributed by atoms with van der Waals surface area (Å²) in [4.78, 5) is 0. The number of aryl methyl sites for hydroxylation is 1. The predicted molar refractivity (Wildman–Crippen MR) is 68.2 cm³/mol. The van der Waals surface area contributed by atoms with Crippen molar-refractivity contribution >= 4 is 0 Å². The molecule has 0 heterocycles. The van der Waals surface area contributed by atoms with Crippen molar-refractivity contribution in [3.8, 4) is 11.8 Å². The molecule has 2 rings (SSSR count). The Morgan fingerprint density at radius 1 is 0.941 bits per heavy atom. The lowest BCUT2D eigenvalue weighted by atomic mass is 10.1. The minimum atomic E-state index is -0.208. The quantitative estimate of drug-likeness (QED) is 0.647. The normalized spacial score (nSPS) is 9.53. The Hall–Kier alpha value is -2.07. The molecule has 0 atom stereocenters. The van der Waals surface area contributed by atoms with Gasteiger partial charge < -0.3 is 0 Å². The number of halogens is 1. The molecule has 0 aliphatic rings. The molecule has 0 N–H and O–H groups in total. The first-order valence-electron chi connectivity index (χ1n) is 5.54. The van der Waals surface area contributed by atoms with Gasteiger partial charge in [0.25, 0.3) is 0 Å². The fourth-order valence-corrected chi connectivity index (χ4v) is 1.49. The molecule has 0 aromatic heterocycles. The molecule has 1 heteroatoms. The van der Waals surface area contributed by atoms with Gasteiger partial charge in [0.05, 0.1) is 0 Å². The van der Waals surface area contributed by atoms with Crippen LogP contribution in [-0.4, -0.2) is 0 Å². The van der Waals surface area contributed by atoms with E-state index in [-0.39, 0.29) is 5.82 Å². The van der Waals surface area contributed by atoms with Crippen LogP contribution in [0.4, 0.5) is 4.39 Å². The summed E-state index contributed by atoms with van der Waals surface area (Å²) in [7, 11) is 0. The lowest BCUT2D eigenvalue weighted by Crippen LogP contribution is -1.82. The summed E-state index contributed by atoms with van der Waals surface area (Å²) in [6, 6.07) is 14.5. The fraction of sp³-hybridized carbons (Fsp3) is 0.125. The average Bonchev–Trinajstić information content (AvgIpc) is 2.34. The van der Waals surface area contributed by atoms with Crippen LogP contribution in [0, 0.1) is 24.6 Å². The maximum absolute atomic E-state index is 12.7. The Morgan fingerprint density at radius 2 is 1.59 bits per heavy atom. The number of rotatable bonds is 1. The molecule has 84 valence electrons. The van der Waals surface area contributed by atoms with Gasteiger partial charge in [0.1, 0.15) is 5.82 Å². The molecule has 0 aliphatic carbocycles. The van der Waals surface area contributed by atoms with Gasteiger partial charge in [0.2, 0.25) is 0 Å². The van der Waals surface area contributed by atoms with Crippen LogP contribution in [0.25, 0.3) is 0 Å². The van der Waals surface area contributed by atoms with Crippen LogP contribution in [-0.2, 0) is 6.42 Å². The molecular formula is C16H13F. The summed E-state index contributed by atoms with van der Waals surface area (Å²) < 4.78 is 12.7. The Balaban J connectivity index is 2.03. The molecule has 0 radical (unpaired) electrons. The maximum atomic E-state index is 12.7. The fourth-order valence-electron chi connectivity index (χ4n) is 1.49. The second-order valence-electron chi connectivity index (χ2n) is 3.97. The van der Waals surface area contributed by atoms with Gasteiger partial charge in [-0.25, -0.2) is 4.39 Å². The average molecular weight is 224 g/mol. The molecule has 0 spiro atoms. The third-order valence-corrected chi connectivity index (χ3v) is 2.49. The minimum Gasteiger partial charge on any atom is -0.207 e. The highest BCUT2D eigenvalue weighted by atomic mass is 19.1. The molecule has 0 unspecified atom stereocenters. The summed E-state index contributed by atoms with van der Waals surface area (Å²) in [5.41, 5.74) is 3.28. The van der Waals surface area contributed by atoms with Crippen LogP contribution in [0.3, 0.4) is 0 Å². The Kier molecular flexibility index (Phi) is 3.57. The highest BCUT2D eigenvalue weighted by Crippen LogP contribution is 2.04. The van der Waals surface area contributed by atoms with Crippen molar-refractivity contribution in [3.63, 3.8) is 0 Å². The van der Waals surface area contributed by atoms with Crippen LogP contribution in [0.1, 0.15) is 16.7 Å². The van der Waals surface area contributed by atoms with Gasteiger partial charge >= 0.3 is 0 Å². The van der Waals surface area contributed by atoms with Gasteiger partial charge in [0, 0.05) is 12.0 Å². The first-order chi connectivity index (χ1) is 8.24. The smallest absolute Gasteiger partial charge is 0.123 e. The molecule has 2 aromatic rings. The summed E-state index contributed by atoms with van der Waals surface area (Å²) in [6.07, 6.45) is 0.647. The Labute approximate surface area is 101 Å². The first-order valence-corrected chi connectivity index (χ1v) is 5.54. The van der Waals surface area contributed by atoms with Gasteiger partial charge in [-0.05, 0) is 36.8 Å².